The molecule has 1 amide bonds. The Bertz CT molecular complexity index is 1110. The predicted octanol–water partition coefficient (Wildman–Crippen LogP) is 4.27. The largest absolute Gasteiger partial charge is 0.466 e. The fraction of sp³-hybridized carbons (Fsp3) is 0.423. The number of aryl methyl sites for hydroxylation is 2. The first kappa shape index (κ1) is 22.1. The van der Waals surface area contributed by atoms with E-state index in [2.05, 4.69) is 28.4 Å². The first-order valence-corrected chi connectivity index (χ1v) is 11.4. The molecule has 1 aliphatic rings. The summed E-state index contributed by atoms with van der Waals surface area (Å²) in [4.78, 5) is 32.0. The summed E-state index contributed by atoms with van der Waals surface area (Å²) in [5, 5.41) is 0. The second-order valence-electron chi connectivity index (χ2n) is 8.59. The fourth-order valence-electron chi connectivity index (χ4n) is 4.71. The molecule has 6 heteroatoms. The van der Waals surface area contributed by atoms with Gasteiger partial charge in [0.05, 0.1) is 18.2 Å². The highest BCUT2D eigenvalue weighted by atomic mass is 16.5. The number of esters is 1. The number of hydrogen-bond donors (Lipinski definition) is 0. The molecule has 1 unspecified atom stereocenters. The number of fused-ring (bicyclic) bond motifs is 1. The van der Waals surface area contributed by atoms with Gasteiger partial charge in [-0.15, -0.1) is 0 Å². The van der Waals surface area contributed by atoms with E-state index in [9.17, 15) is 9.59 Å². The monoisotopic (exact) mass is 433 g/mol. The third-order valence-electron chi connectivity index (χ3n) is 6.53. The van der Waals surface area contributed by atoms with Gasteiger partial charge in [0.1, 0.15) is 5.65 Å². The van der Waals surface area contributed by atoms with Crippen LogP contribution in [0.5, 0.6) is 0 Å². The highest BCUT2D eigenvalue weighted by Crippen LogP contribution is 2.32. The maximum absolute atomic E-state index is 13.4. The third-order valence-corrected chi connectivity index (χ3v) is 6.53. The normalized spacial score (nSPS) is 15.7. The molecule has 0 aliphatic carbocycles. The molecule has 0 bridgehead atoms. The first-order valence-electron chi connectivity index (χ1n) is 11.4. The molecule has 0 saturated carbocycles. The van der Waals surface area contributed by atoms with E-state index >= 15 is 0 Å². The van der Waals surface area contributed by atoms with Crippen molar-refractivity contribution >= 4 is 17.5 Å². The van der Waals surface area contributed by atoms with Gasteiger partial charge in [0.15, 0.2) is 0 Å². The van der Waals surface area contributed by atoms with Gasteiger partial charge in [0.25, 0.3) is 0 Å². The van der Waals surface area contributed by atoms with Crippen molar-refractivity contribution in [3.8, 4) is 0 Å². The van der Waals surface area contributed by atoms with Crippen LogP contribution >= 0.6 is 0 Å². The van der Waals surface area contributed by atoms with Crippen LogP contribution in [-0.4, -0.2) is 45.9 Å². The van der Waals surface area contributed by atoms with Crippen LogP contribution in [0.2, 0.25) is 0 Å². The number of benzene rings is 1. The average Bonchev–Trinajstić information content (AvgIpc) is 3.23. The zero-order valence-electron chi connectivity index (χ0n) is 19.1. The lowest BCUT2D eigenvalue weighted by Crippen LogP contribution is -2.41. The molecular weight excluding hydrogens is 402 g/mol. The summed E-state index contributed by atoms with van der Waals surface area (Å²) in [6.45, 7) is 7.54. The molecule has 1 aromatic carbocycles. The number of pyridine rings is 1. The van der Waals surface area contributed by atoms with Crippen LogP contribution in [0.4, 0.5) is 0 Å². The van der Waals surface area contributed by atoms with Gasteiger partial charge >= 0.3 is 5.97 Å². The van der Waals surface area contributed by atoms with Crippen molar-refractivity contribution in [2.24, 2.45) is 5.92 Å². The van der Waals surface area contributed by atoms with Gasteiger partial charge in [0, 0.05) is 37.8 Å². The molecule has 168 valence electrons. The molecule has 1 atom stereocenters. The summed E-state index contributed by atoms with van der Waals surface area (Å²) in [5.74, 6) is -0.224. The van der Waals surface area contributed by atoms with Crippen molar-refractivity contribution in [1.29, 1.82) is 0 Å². The molecule has 3 heterocycles. The van der Waals surface area contributed by atoms with Crippen LogP contribution in [0.15, 0.2) is 48.8 Å². The molecule has 32 heavy (non-hydrogen) atoms. The van der Waals surface area contributed by atoms with Crippen molar-refractivity contribution in [1.82, 2.24) is 14.3 Å². The highest BCUT2D eigenvalue weighted by Gasteiger charge is 2.31. The summed E-state index contributed by atoms with van der Waals surface area (Å²) in [6.07, 6.45) is 5.62. The Balaban J connectivity index is 1.58. The number of ether oxygens (including phenoxy) is 1. The Morgan fingerprint density at radius 1 is 1.09 bits per heavy atom. The van der Waals surface area contributed by atoms with Gasteiger partial charge in [0.2, 0.25) is 5.91 Å². The zero-order chi connectivity index (χ0) is 22.7. The average molecular weight is 434 g/mol. The van der Waals surface area contributed by atoms with E-state index < -0.39 is 0 Å². The van der Waals surface area contributed by atoms with Crippen molar-refractivity contribution in [3.05, 3.63) is 71.2 Å². The number of carbonyl (C=O) groups is 2. The summed E-state index contributed by atoms with van der Waals surface area (Å²) >= 11 is 0. The number of amides is 1. The molecule has 0 N–H and O–H groups in total. The van der Waals surface area contributed by atoms with Crippen molar-refractivity contribution < 1.29 is 14.3 Å². The quantitative estimate of drug-likeness (QED) is 0.545. The van der Waals surface area contributed by atoms with E-state index in [1.54, 1.807) is 0 Å². The van der Waals surface area contributed by atoms with E-state index in [-0.39, 0.29) is 23.7 Å². The number of carbonyl (C=O) groups excluding carboxylic acids is 2. The zero-order valence-corrected chi connectivity index (χ0v) is 19.1. The number of imidazole rings is 1. The van der Waals surface area contributed by atoms with Crippen LogP contribution < -0.4 is 0 Å². The van der Waals surface area contributed by atoms with Crippen LogP contribution in [0, 0.1) is 19.8 Å². The minimum atomic E-state index is -0.140. The van der Waals surface area contributed by atoms with Gasteiger partial charge < -0.3 is 14.0 Å². The van der Waals surface area contributed by atoms with Gasteiger partial charge in [-0.25, -0.2) is 4.98 Å². The summed E-state index contributed by atoms with van der Waals surface area (Å²) < 4.78 is 7.26. The third kappa shape index (κ3) is 4.40. The summed E-state index contributed by atoms with van der Waals surface area (Å²) in [6, 6.07) is 12.3. The van der Waals surface area contributed by atoms with Gasteiger partial charge in [-0.3, -0.25) is 9.59 Å². The van der Waals surface area contributed by atoms with Crippen LogP contribution in [-0.2, 0) is 14.3 Å². The molecule has 0 radical (unpaired) electrons. The highest BCUT2D eigenvalue weighted by molar-refractivity contribution is 5.79. The maximum Gasteiger partial charge on any atom is 0.309 e. The standard InChI is InChI=1S/C26H31N3O3/c1-4-32-26(31)20-11-14-28(15-12-20)24(30)16-22(21-10-6-5-8-18(21)2)23-17-27-25-19(3)9-7-13-29(23)25/h5-10,13,17,20,22H,4,11-12,14-16H2,1-3H3. The Morgan fingerprint density at radius 3 is 2.53 bits per heavy atom. The molecule has 4 rings (SSSR count). The second-order valence-corrected chi connectivity index (χ2v) is 8.59. The van der Waals surface area contributed by atoms with Gasteiger partial charge in [-0.1, -0.05) is 30.3 Å². The van der Waals surface area contributed by atoms with E-state index in [0.29, 0.717) is 39.0 Å². The fourth-order valence-corrected chi connectivity index (χ4v) is 4.71. The molecule has 2 aromatic heterocycles. The Kier molecular flexibility index (Phi) is 6.58. The van der Waals surface area contributed by atoms with Gasteiger partial charge in [-0.2, -0.15) is 0 Å². The van der Waals surface area contributed by atoms with Crippen molar-refractivity contribution in [2.45, 2.75) is 46.0 Å². The number of piperidine rings is 1. The number of nitrogens with zero attached hydrogens (tertiary/aromatic N) is 3. The molecule has 3 aromatic rings. The first-order chi connectivity index (χ1) is 15.5. The smallest absolute Gasteiger partial charge is 0.309 e. The number of hydrogen-bond acceptors (Lipinski definition) is 4. The Hall–Kier alpha value is -3.15. The number of rotatable bonds is 6. The SMILES string of the molecule is CCOC(=O)C1CCN(C(=O)CC(c2ccccc2C)c2cnc3c(C)cccn23)CC1. The maximum atomic E-state index is 13.4. The van der Waals surface area contributed by atoms with E-state index in [0.717, 1.165) is 28.0 Å². The second kappa shape index (κ2) is 9.55. The Labute approximate surface area is 189 Å². The number of likely N-dealkylation sites (tertiary alicyclic amines) is 1. The number of aromatic nitrogens is 2. The van der Waals surface area contributed by atoms with E-state index in [1.807, 2.05) is 55.4 Å². The van der Waals surface area contributed by atoms with Crippen molar-refractivity contribution in [2.75, 3.05) is 19.7 Å². The minimum Gasteiger partial charge on any atom is -0.466 e. The van der Waals surface area contributed by atoms with Crippen LogP contribution in [0.25, 0.3) is 5.65 Å². The van der Waals surface area contributed by atoms with Gasteiger partial charge in [-0.05, 0) is 56.4 Å². The molecule has 1 aliphatic heterocycles. The van der Waals surface area contributed by atoms with E-state index in [4.69, 9.17) is 4.74 Å². The molecule has 1 saturated heterocycles. The van der Waals surface area contributed by atoms with E-state index in [1.165, 1.54) is 0 Å². The lowest BCUT2D eigenvalue weighted by atomic mass is 9.88. The lowest BCUT2D eigenvalue weighted by molar-refractivity contribution is -0.151. The molecule has 1 fully saturated rings. The minimum absolute atomic E-state index is 0.0942. The van der Waals surface area contributed by atoms with Crippen LogP contribution in [0.3, 0.4) is 0 Å². The van der Waals surface area contributed by atoms with Crippen molar-refractivity contribution in [3.63, 3.8) is 0 Å². The lowest BCUT2D eigenvalue weighted by Gasteiger charge is -2.32. The molecule has 6 nitrogen and oxygen atoms in total. The topological polar surface area (TPSA) is 63.9 Å². The predicted molar refractivity (Wildman–Crippen MR) is 124 cm³/mol. The summed E-state index contributed by atoms with van der Waals surface area (Å²) in [5.41, 5.74) is 5.35. The summed E-state index contributed by atoms with van der Waals surface area (Å²) in [7, 11) is 0. The van der Waals surface area contributed by atoms with Crippen LogP contribution in [0.1, 0.15) is 54.5 Å². The Morgan fingerprint density at radius 2 is 1.81 bits per heavy atom. The molecule has 0 spiro atoms. The molecular formula is C26H31N3O3.